The van der Waals surface area contributed by atoms with Crippen LogP contribution in [0.2, 0.25) is 0 Å². The molecule has 0 aromatic heterocycles. The molecule has 0 aliphatic heterocycles. The zero-order valence-electron chi connectivity index (χ0n) is 15.1. The molecule has 0 aliphatic rings. The van der Waals surface area contributed by atoms with Gasteiger partial charge in [0.1, 0.15) is 5.60 Å². The number of rotatable bonds is 4. The molecule has 0 radical (unpaired) electrons. The van der Waals surface area contributed by atoms with Gasteiger partial charge in [0.05, 0.1) is 24.0 Å². The number of anilines is 1. The van der Waals surface area contributed by atoms with Crippen LogP contribution in [0.25, 0.3) is 0 Å². The fourth-order valence-corrected chi connectivity index (χ4v) is 1.93. The second-order valence-corrected chi connectivity index (χ2v) is 6.41. The van der Waals surface area contributed by atoms with Gasteiger partial charge < -0.3 is 9.47 Å². The quantitative estimate of drug-likeness (QED) is 0.600. The van der Waals surface area contributed by atoms with Crippen LogP contribution >= 0.6 is 0 Å². The molecule has 2 aromatic carbocycles. The molecule has 7 heteroatoms. The Hall–Kier alpha value is -3.22. The number of methoxy groups -OCH3 is 1. The maximum absolute atomic E-state index is 11.7. The molecule has 0 atom stereocenters. The van der Waals surface area contributed by atoms with Crippen molar-refractivity contribution in [2.75, 3.05) is 12.4 Å². The van der Waals surface area contributed by atoms with Crippen LogP contribution in [0.5, 0.6) is 0 Å². The summed E-state index contributed by atoms with van der Waals surface area (Å²) in [4.78, 5) is 23.1. The van der Waals surface area contributed by atoms with Crippen LogP contribution in [0.3, 0.4) is 0 Å². The van der Waals surface area contributed by atoms with Crippen molar-refractivity contribution < 1.29 is 19.1 Å². The number of ether oxygens (including phenoxy) is 2. The third-order valence-corrected chi connectivity index (χ3v) is 3.08. The number of carbonyl (C=O) groups is 2. The van der Waals surface area contributed by atoms with E-state index in [1.54, 1.807) is 69.3 Å². The van der Waals surface area contributed by atoms with E-state index >= 15 is 0 Å². The minimum Gasteiger partial charge on any atom is -0.465 e. The average Bonchev–Trinajstić information content (AvgIpc) is 2.59. The van der Waals surface area contributed by atoms with Gasteiger partial charge in [-0.3, -0.25) is 5.32 Å². The summed E-state index contributed by atoms with van der Waals surface area (Å²) in [6.45, 7) is 5.40. The maximum atomic E-state index is 11.7. The van der Waals surface area contributed by atoms with E-state index in [-0.39, 0.29) is 0 Å². The van der Waals surface area contributed by atoms with Crippen LogP contribution in [-0.2, 0) is 9.47 Å². The fraction of sp³-hybridized carbons (Fsp3) is 0.263. The van der Waals surface area contributed by atoms with Gasteiger partial charge in [-0.2, -0.15) is 10.2 Å². The number of nitrogens with one attached hydrogen (secondary N) is 1. The minimum absolute atomic E-state index is 0.401. The highest BCUT2D eigenvalue weighted by atomic mass is 16.6. The van der Waals surface area contributed by atoms with Crippen molar-refractivity contribution in [3.63, 3.8) is 0 Å². The monoisotopic (exact) mass is 355 g/mol. The maximum Gasteiger partial charge on any atom is 0.412 e. The first kappa shape index (κ1) is 19.1. The number of azo groups is 1. The van der Waals surface area contributed by atoms with Gasteiger partial charge in [0.15, 0.2) is 0 Å². The van der Waals surface area contributed by atoms with Crippen molar-refractivity contribution in [2.45, 2.75) is 26.4 Å². The van der Waals surface area contributed by atoms with Crippen LogP contribution in [0, 0.1) is 0 Å². The second-order valence-electron chi connectivity index (χ2n) is 6.41. The van der Waals surface area contributed by atoms with Crippen molar-refractivity contribution in [1.29, 1.82) is 0 Å². The summed E-state index contributed by atoms with van der Waals surface area (Å²) in [6.07, 6.45) is -0.516. The molecule has 1 N–H and O–H groups in total. The molecule has 2 aromatic rings. The number of nitrogens with zero attached hydrogens (tertiary/aromatic N) is 2. The third-order valence-electron chi connectivity index (χ3n) is 3.08. The first-order valence-electron chi connectivity index (χ1n) is 7.97. The first-order chi connectivity index (χ1) is 12.3. The Kier molecular flexibility index (Phi) is 6.06. The number of hydrogen-bond acceptors (Lipinski definition) is 6. The SMILES string of the molecule is COC(=O)c1ccc(N=Nc2ccc(NC(=O)OC(C)(C)C)cc2)cc1. The van der Waals surface area contributed by atoms with Crippen LogP contribution in [0.4, 0.5) is 21.9 Å². The smallest absolute Gasteiger partial charge is 0.412 e. The predicted octanol–water partition coefficient (Wildman–Crippen LogP) is 5.24. The molecule has 7 nitrogen and oxygen atoms in total. The molecule has 1 amide bonds. The van der Waals surface area contributed by atoms with Crippen molar-refractivity contribution in [2.24, 2.45) is 10.2 Å². The van der Waals surface area contributed by atoms with Gasteiger partial charge in [-0.1, -0.05) is 0 Å². The lowest BCUT2D eigenvalue weighted by Gasteiger charge is -2.19. The average molecular weight is 355 g/mol. The molecule has 2 rings (SSSR count). The highest BCUT2D eigenvalue weighted by molar-refractivity contribution is 5.89. The van der Waals surface area contributed by atoms with E-state index in [4.69, 9.17) is 4.74 Å². The van der Waals surface area contributed by atoms with E-state index in [2.05, 4.69) is 20.3 Å². The highest BCUT2D eigenvalue weighted by Crippen LogP contribution is 2.21. The predicted molar refractivity (Wildman–Crippen MR) is 98.3 cm³/mol. The van der Waals surface area contributed by atoms with Gasteiger partial charge >= 0.3 is 12.1 Å². The Bertz CT molecular complexity index is 791. The lowest BCUT2D eigenvalue weighted by molar-refractivity contribution is 0.0598. The molecule has 0 fully saturated rings. The van der Waals surface area contributed by atoms with Crippen LogP contribution in [0.1, 0.15) is 31.1 Å². The summed E-state index contributed by atoms with van der Waals surface area (Å²) in [6, 6.07) is 13.4. The zero-order valence-corrected chi connectivity index (χ0v) is 15.1. The summed E-state index contributed by atoms with van der Waals surface area (Å²) >= 11 is 0. The fourth-order valence-electron chi connectivity index (χ4n) is 1.93. The van der Waals surface area contributed by atoms with Gasteiger partial charge in [0.25, 0.3) is 0 Å². The first-order valence-corrected chi connectivity index (χ1v) is 7.97. The number of carbonyl (C=O) groups excluding carboxylic acids is 2. The van der Waals surface area contributed by atoms with Gasteiger partial charge in [-0.25, -0.2) is 9.59 Å². The number of hydrogen-bond donors (Lipinski definition) is 1. The van der Waals surface area contributed by atoms with Gasteiger partial charge in [-0.15, -0.1) is 0 Å². The Labute approximate surface area is 152 Å². The molecule has 136 valence electrons. The van der Waals surface area contributed by atoms with Gasteiger partial charge in [0, 0.05) is 5.69 Å². The molecule has 0 unspecified atom stereocenters. The molecular formula is C19H21N3O4. The summed E-state index contributed by atoms with van der Waals surface area (Å²) in [5.74, 6) is -0.401. The lowest BCUT2D eigenvalue weighted by atomic mass is 10.2. The molecule has 0 aliphatic carbocycles. The number of esters is 1. The molecule has 0 heterocycles. The summed E-state index contributed by atoms with van der Waals surface area (Å²) in [7, 11) is 1.33. The Balaban J connectivity index is 1.97. The summed E-state index contributed by atoms with van der Waals surface area (Å²) < 4.78 is 9.83. The molecule has 0 bridgehead atoms. The summed E-state index contributed by atoms with van der Waals surface area (Å²) in [5, 5.41) is 10.9. The Morgan fingerprint density at radius 1 is 0.885 bits per heavy atom. The topological polar surface area (TPSA) is 89.4 Å². The molecule has 0 saturated carbocycles. The Morgan fingerprint density at radius 2 is 1.38 bits per heavy atom. The van der Waals surface area contributed by atoms with E-state index in [1.807, 2.05) is 0 Å². The second kappa shape index (κ2) is 8.24. The molecule has 0 spiro atoms. The minimum atomic E-state index is -0.554. The Morgan fingerprint density at radius 3 is 1.85 bits per heavy atom. The van der Waals surface area contributed by atoms with Crippen molar-refractivity contribution >= 4 is 29.1 Å². The number of amides is 1. The lowest BCUT2D eigenvalue weighted by Crippen LogP contribution is -2.27. The van der Waals surface area contributed by atoms with Crippen molar-refractivity contribution in [3.8, 4) is 0 Å². The standard InChI is InChI=1S/C19H21N3O4/c1-19(2,3)26-18(24)20-14-9-11-16(12-10-14)22-21-15-7-5-13(6-8-15)17(23)25-4/h5-12H,1-4H3,(H,20,24). The van der Waals surface area contributed by atoms with E-state index < -0.39 is 17.7 Å². The molecule has 26 heavy (non-hydrogen) atoms. The van der Waals surface area contributed by atoms with Crippen LogP contribution in [0.15, 0.2) is 58.8 Å². The van der Waals surface area contributed by atoms with E-state index in [1.165, 1.54) is 7.11 Å². The van der Waals surface area contributed by atoms with Gasteiger partial charge in [0.2, 0.25) is 0 Å². The van der Waals surface area contributed by atoms with Crippen LogP contribution < -0.4 is 5.32 Å². The van der Waals surface area contributed by atoms with E-state index in [0.29, 0.717) is 22.6 Å². The van der Waals surface area contributed by atoms with Crippen LogP contribution in [-0.4, -0.2) is 24.8 Å². The van der Waals surface area contributed by atoms with Crippen molar-refractivity contribution in [1.82, 2.24) is 0 Å². The number of benzene rings is 2. The van der Waals surface area contributed by atoms with E-state index in [9.17, 15) is 9.59 Å². The molecular weight excluding hydrogens is 334 g/mol. The van der Waals surface area contributed by atoms with Crippen molar-refractivity contribution in [3.05, 3.63) is 54.1 Å². The molecule has 0 saturated heterocycles. The largest absolute Gasteiger partial charge is 0.465 e. The highest BCUT2D eigenvalue weighted by Gasteiger charge is 2.16. The summed E-state index contributed by atoms with van der Waals surface area (Å²) in [5.41, 5.74) is 1.72. The van der Waals surface area contributed by atoms with Gasteiger partial charge in [-0.05, 0) is 69.3 Å². The third kappa shape index (κ3) is 6.01. The normalized spacial score (nSPS) is 11.2. The zero-order chi connectivity index (χ0) is 19.2. The van der Waals surface area contributed by atoms with E-state index in [0.717, 1.165) is 0 Å².